The Morgan fingerprint density at radius 2 is 1.82 bits per heavy atom. The van der Waals surface area contributed by atoms with Gasteiger partial charge in [-0.15, -0.1) is 5.10 Å². The second-order valence-electron chi connectivity index (χ2n) is 9.71. The van der Waals surface area contributed by atoms with Gasteiger partial charge in [0.1, 0.15) is 0 Å². The summed E-state index contributed by atoms with van der Waals surface area (Å²) < 4.78 is 94.1. The Bertz CT molecular complexity index is 1360. The number of hydrogen-bond donors (Lipinski definition) is 1. The van der Waals surface area contributed by atoms with Crippen molar-refractivity contribution >= 4 is 11.7 Å². The van der Waals surface area contributed by atoms with Crippen LogP contribution in [0.25, 0.3) is 11.4 Å². The molecule has 2 aliphatic heterocycles. The van der Waals surface area contributed by atoms with Crippen LogP contribution in [0.5, 0.6) is 0 Å². The third kappa shape index (κ3) is 4.76. The second kappa shape index (κ2) is 8.91. The van der Waals surface area contributed by atoms with Gasteiger partial charge in [-0.2, -0.15) is 26.3 Å². The van der Waals surface area contributed by atoms with Gasteiger partial charge >= 0.3 is 18.4 Å². The molecule has 2 aromatic heterocycles. The lowest BCUT2D eigenvalue weighted by Crippen LogP contribution is -2.73. The quantitative estimate of drug-likeness (QED) is 0.446. The predicted molar refractivity (Wildman–Crippen MR) is 118 cm³/mol. The number of nitrogens with one attached hydrogen (secondary N) is 1. The highest BCUT2D eigenvalue weighted by Gasteiger charge is 2.58. The van der Waals surface area contributed by atoms with Crippen LogP contribution in [0.3, 0.4) is 0 Å². The molecule has 3 fully saturated rings. The minimum atomic E-state index is -4.77. The van der Waals surface area contributed by atoms with Crippen molar-refractivity contribution in [2.45, 2.75) is 56.7 Å². The number of alkyl halides is 6. The van der Waals surface area contributed by atoms with E-state index in [-0.39, 0.29) is 30.0 Å². The third-order valence-corrected chi connectivity index (χ3v) is 6.84. The maximum Gasteiger partial charge on any atom is 0.436 e. The van der Waals surface area contributed by atoms with Crippen molar-refractivity contribution in [3.63, 3.8) is 0 Å². The molecule has 8 nitrogen and oxygen atoms in total. The molecule has 1 N–H and O–H groups in total. The molecule has 1 saturated carbocycles. The van der Waals surface area contributed by atoms with Gasteiger partial charge in [0.15, 0.2) is 17.3 Å². The standard InChI is InChI=1S/C23H20F7N7O/c1-12-4-15-7-21(6-12,11-36-10-18(34-35-36)23(28,29)30)37(15)20(38)33-14-2-3-17(22(25,26)27)16(5-14)19-31-8-13(24)9-32-19/h2-3,5,8-10,12,15H,4,6-7,11H2,1H3,(H,33,38)/t12-,15?,21?/m1/s1. The van der Waals surface area contributed by atoms with E-state index >= 15 is 0 Å². The summed E-state index contributed by atoms with van der Waals surface area (Å²) in [6.45, 7) is 1.95. The fourth-order valence-electron chi connectivity index (χ4n) is 5.55. The molecule has 38 heavy (non-hydrogen) atoms. The van der Waals surface area contributed by atoms with E-state index in [1.807, 2.05) is 6.92 Å². The average molecular weight is 543 g/mol. The van der Waals surface area contributed by atoms with Crippen LogP contribution in [0, 0.1) is 11.7 Å². The Labute approximate surface area is 210 Å². The topological polar surface area (TPSA) is 88.8 Å². The van der Waals surface area contributed by atoms with E-state index in [0.717, 1.165) is 41.5 Å². The van der Waals surface area contributed by atoms with Gasteiger partial charge in [0.05, 0.1) is 36.2 Å². The third-order valence-electron chi connectivity index (χ3n) is 6.84. The SMILES string of the molecule is C[C@@H]1CC2CC(Cn3cc(C(F)(F)F)nn3)(C1)N2C(=O)Nc1ccc(C(F)(F)F)c(-c2ncc(F)cn2)c1. The molecule has 6 rings (SSSR count). The number of carbonyl (C=O) groups excluding carboxylic acids is 1. The highest BCUT2D eigenvalue weighted by molar-refractivity contribution is 5.92. The zero-order chi connectivity index (χ0) is 27.5. The Hall–Kier alpha value is -3.78. The summed E-state index contributed by atoms with van der Waals surface area (Å²) in [5.74, 6) is -1.02. The lowest BCUT2D eigenvalue weighted by atomic mass is 9.64. The Morgan fingerprint density at radius 1 is 1.11 bits per heavy atom. The first-order valence-electron chi connectivity index (χ1n) is 11.5. The van der Waals surface area contributed by atoms with Crippen LogP contribution >= 0.6 is 0 Å². The molecule has 3 aromatic rings. The Morgan fingerprint density at radius 3 is 2.45 bits per heavy atom. The van der Waals surface area contributed by atoms with E-state index in [2.05, 4.69) is 25.6 Å². The molecule has 0 spiro atoms. The molecule has 2 amide bonds. The molecule has 1 aromatic carbocycles. The number of carbonyl (C=O) groups is 1. The van der Waals surface area contributed by atoms with Gasteiger partial charge in [0.2, 0.25) is 0 Å². The van der Waals surface area contributed by atoms with Crippen molar-refractivity contribution in [1.82, 2.24) is 29.9 Å². The van der Waals surface area contributed by atoms with Crippen LogP contribution in [0.1, 0.15) is 37.4 Å². The van der Waals surface area contributed by atoms with E-state index in [1.165, 1.54) is 4.90 Å². The van der Waals surface area contributed by atoms with Crippen LogP contribution in [0.15, 0.2) is 36.8 Å². The maximum absolute atomic E-state index is 13.6. The summed E-state index contributed by atoms with van der Waals surface area (Å²) in [5, 5.41) is 9.34. The van der Waals surface area contributed by atoms with Gasteiger partial charge in [-0.05, 0) is 43.4 Å². The first kappa shape index (κ1) is 25.9. The predicted octanol–water partition coefficient (Wildman–Crippen LogP) is 5.39. The van der Waals surface area contributed by atoms with Gasteiger partial charge in [-0.1, -0.05) is 12.1 Å². The number of halogens is 7. The van der Waals surface area contributed by atoms with E-state index < -0.39 is 46.6 Å². The molecule has 2 bridgehead atoms. The molecular weight excluding hydrogens is 523 g/mol. The molecule has 1 aliphatic carbocycles. The zero-order valence-electron chi connectivity index (χ0n) is 19.7. The largest absolute Gasteiger partial charge is 0.436 e. The average Bonchev–Trinajstić information content (AvgIpc) is 3.27. The van der Waals surface area contributed by atoms with Crippen LogP contribution < -0.4 is 5.32 Å². The number of urea groups is 1. The summed E-state index contributed by atoms with van der Waals surface area (Å²) >= 11 is 0. The van der Waals surface area contributed by atoms with Crippen molar-refractivity contribution in [3.05, 3.63) is 53.9 Å². The highest BCUT2D eigenvalue weighted by Crippen LogP contribution is 2.51. The molecule has 3 atom stereocenters. The number of fused-ring (bicyclic) bond motifs is 2. The second-order valence-corrected chi connectivity index (χ2v) is 9.71. The molecule has 0 radical (unpaired) electrons. The van der Waals surface area contributed by atoms with E-state index in [0.29, 0.717) is 19.3 Å². The lowest BCUT2D eigenvalue weighted by Gasteiger charge is -2.63. The van der Waals surface area contributed by atoms with Gasteiger partial charge in [-0.3, -0.25) is 0 Å². The highest BCUT2D eigenvalue weighted by atomic mass is 19.4. The maximum atomic E-state index is 13.6. The molecule has 15 heteroatoms. The minimum absolute atomic E-state index is 0.0132. The number of amides is 2. The first-order chi connectivity index (χ1) is 17.7. The molecule has 2 unspecified atom stereocenters. The number of nitrogens with zero attached hydrogens (tertiary/aromatic N) is 6. The number of benzene rings is 1. The summed E-state index contributed by atoms with van der Waals surface area (Å²) in [6, 6.07) is 2.08. The van der Waals surface area contributed by atoms with Crippen LogP contribution in [-0.4, -0.2) is 47.5 Å². The fraction of sp³-hybridized carbons (Fsp3) is 0.435. The van der Waals surface area contributed by atoms with E-state index in [4.69, 9.17) is 0 Å². The number of anilines is 1. The molecule has 4 heterocycles. The van der Waals surface area contributed by atoms with Crippen LogP contribution in [0.4, 0.5) is 41.2 Å². The number of hydrogen-bond acceptors (Lipinski definition) is 5. The van der Waals surface area contributed by atoms with Crippen LogP contribution in [-0.2, 0) is 18.9 Å². The molecular formula is C23H20F7N7O. The zero-order valence-corrected chi connectivity index (χ0v) is 19.7. The normalized spacial score (nSPS) is 23.2. The summed E-state index contributed by atoms with van der Waals surface area (Å²) in [4.78, 5) is 22.1. The monoisotopic (exact) mass is 543 g/mol. The van der Waals surface area contributed by atoms with Crippen molar-refractivity contribution < 1.29 is 35.5 Å². The van der Waals surface area contributed by atoms with Gasteiger partial charge in [0, 0.05) is 17.3 Å². The smallest absolute Gasteiger partial charge is 0.314 e. The minimum Gasteiger partial charge on any atom is -0.314 e. The lowest BCUT2D eigenvalue weighted by molar-refractivity contribution is -0.141. The van der Waals surface area contributed by atoms with E-state index in [1.54, 1.807) is 0 Å². The van der Waals surface area contributed by atoms with Crippen molar-refractivity contribution in [1.29, 1.82) is 0 Å². The van der Waals surface area contributed by atoms with Crippen molar-refractivity contribution in [3.8, 4) is 11.4 Å². The number of aromatic nitrogens is 5. The van der Waals surface area contributed by atoms with Crippen molar-refractivity contribution in [2.24, 2.45) is 5.92 Å². The molecule has 2 saturated heterocycles. The summed E-state index contributed by atoms with van der Waals surface area (Å²) in [6.07, 6.45) is -5.48. The number of rotatable bonds is 4. The molecule has 202 valence electrons. The van der Waals surface area contributed by atoms with E-state index in [9.17, 15) is 35.5 Å². The van der Waals surface area contributed by atoms with Crippen molar-refractivity contribution in [2.75, 3.05) is 5.32 Å². The Kier molecular flexibility index (Phi) is 6.06. The van der Waals surface area contributed by atoms with Gasteiger partial charge < -0.3 is 10.2 Å². The molecule has 3 aliphatic rings. The van der Waals surface area contributed by atoms with Gasteiger partial charge in [-0.25, -0.2) is 23.8 Å². The first-order valence-corrected chi connectivity index (χ1v) is 11.5. The van der Waals surface area contributed by atoms with Gasteiger partial charge in [0.25, 0.3) is 0 Å². The fourth-order valence-corrected chi connectivity index (χ4v) is 5.55. The van der Waals surface area contributed by atoms with Crippen LogP contribution in [0.2, 0.25) is 0 Å². The number of piperidine rings is 1. The Balaban J connectivity index is 1.41. The summed E-state index contributed by atoms with van der Waals surface area (Å²) in [7, 11) is 0. The summed E-state index contributed by atoms with van der Waals surface area (Å²) in [5.41, 5.74) is -3.49.